The molecule has 0 spiro atoms. The second-order valence-electron chi connectivity index (χ2n) is 4.46. The molecule has 1 saturated heterocycles. The van der Waals surface area contributed by atoms with Crippen LogP contribution in [0.3, 0.4) is 0 Å². The molecule has 0 aromatic heterocycles. The van der Waals surface area contributed by atoms with Gasteiger partial charge in [0.05, 0.1) is 5.75 Å². The number of rotatable bonds is 5. The number of nitrogens with two attached hydrogens (primary N) is 1. The van der Waals surface area contributed by atoms with Crippen molar-refractivity contribution in [1.82, 2.24) is 4.72 Å². The molecule has 1 aliphatic rings. The Kier molecular flexibility index (Phi) is 4.66. The van der Waals surface area contributed by atoms with Crippen LogP contribution in [0.1, 0.15) is 17.5 Å². The fraction of sp³-hybridized carbons (Fsp3) is 0.500. The van der Waals surface area contributed by atoms with Gasteiger partial charge in [0.2, 0.25) is 10.0 Å². The number of thioether (sulfide) groups is 1. The lowest BCUT2D eigenvalue weighted by Gasteiger charge is -2.12. The van der Waals surface area contributed by atoms with Gasteiger partial charge in [-0.1, -0.05) is 24.3 Å². The van der Waals surface area contributed by atoms with Crippen LogP contribution in [0.2, 0.25) is 0 Å². The van der Waals surface area contributed by atoms with E-state index in [1.54, 1.807) is 11.8 Å². The molecule has 18 heavy (non-hydrogen) atoms. The molecule has 0 saturated carbocycles. The molecule has 0 amide bonds. The number of hydrogen-bond donors (Lipinski definition) is 2. The van der Waals surface area contributed by atoms with Crippen molar-refractivity contribution in [2.24, 2.45) is 5.73 Å². The highest BCUT2D eigenvalue weighted by atomic mass is 32.2. The molecule has 1 aromatic carbocycles. The van der Waals surface area contributed by atoms with Crippen LogP contribution in [0.15, 0.2) is 24.3 Å². The largest absolute Gasteiger partial charge is 0.326 e. The Labute approximate surface area is 112 Å². The van der Waals surface area contributed by atoms with E-state index in [0.717, 1.165) is 29.1 Å². The third-order valence-corrected chi connectivity index (χ3v) is 5.46. The van der Waals surface area contributed by atoms with Gasteiger partial charge in [0.1, 0.15) is 0 Å². The van der Waals surface area contributed by atoms with Crippen molar-refractivity contribution in [3.8, 4) is 0 Å². The quantitative estimate of drug-likeness (QED) is 0.849. The maximum absolute atomic E-state index is 12.0. The Hall–Kier alpha value is -0.560. The normalized spacial score (nSPS) is 20.2. The summed E-state index contributed by atoms with van der Waals surface area (Å²) in [5, 5.41) is 0. The summed E-state index contributed by atoms with van der Waals surface area (Å²) >= 11 is 1.79. The van der Waals surface area contributed by atoms with Crippen molar-refractivity contribution in [2.75, 3.05) is 11.5 Å². The summed E-state index contributed by atoms with van der Waals surface area (Å²) in [6, 6.07) is 7.49. The average molecular weight is 286 g/mol. The minimum Gasteiger partial charge on any atom is -0.326 e. The smallest absolute Gasteiger partial charge is 0.216 e. The molecule has 0 bridgehead atoms. The van der Waals surface area contributed by atoms with Gasteiger partial charge in [0.25, 0.3) is 0 Å². The van der Waals surface area contributed by atoms with Crippen molar-refractivity contribution in [3.63, 3.8) is 0 Å². The maximum Gasteiger partial charge on any atom is 0.216 e. The first kappa shape index (κ1) is 13.9. The van der Waals surface area contributed by atoms with Gasteiger partial charge < -0.3 is 5.73 Å². The van der Waals surface area contributed by atoms with Gasteiger partial charge in [-0.2, -0.15) is 11.8 Å². The third-order valence-electron chi connectivity index (χ3n) is 2.89. The Morgan fingerprint density at radius 3 is 2.50 bits per heavy atom. The zero-order valence-corrected chi connectivity index (χ0v) is 11.8. The summed E-state index contributed by atoms with van der Waals surface area (Å²) in [7, 11) is -3.23. The van der Waals surface area contributed by atoms with E-state index in [1.165, 1.54) is 0 Å². The van der Waals surface area contributed by atoms with Crippen LogP contribution in [-0.2, 0) is 22.3 Å². The molecule has 1 fully saturated rings. The first-order valence-corrected chi connectivity index (χ1v) is 8.75. The van der Waals surface area contributed by atoms with E-state index in [1.807, 2.05) is 24.3 Å². The zero-order chi connectivity index (χ0) is 13.0. The fourth-order valence-corrected chi connectivity index (χ4v) is 4.60. The van der Waals surface area contributed by atoms with Crippen LogP contribution in [0.5, 0.6) is 0 Å². The highest BCUT2D eigenvalue weighted by Crippen LogP contribution is 2.18. The topological polar surface area (TPSA) is 72.2 Å². The van der Waals surface area contributed by atoms with E-state index in [-0.39, 0.29) is 11.8 Å². The van der Waals surface area contributed by atoms with Crippen molar-refractivity contribution in [3.05, 3.63) is 35.4 Å². The molecular weight excluding hydrogens is 268 g/mol. The predicted molar refractivity (Wildman–Crippen MR) is 75.8 cm³/mol. The van der Waals surface area contributed by atoms with E-state index in [2.05, 4.69) is 4.72 Å². The summed E-state index contributed by atoms with van der Waals surface area (Å²) in [4.78, 5) is 0. The van der Waals surface area contributed by atoms with Crippen LogP contribution in [0, 0.1) is 0 Å². The molecule has 1 aromatic rings. The summed E-state index contributed by atoms with van der Waals surface area (Å²) in [5.74, 6) is 1.96. The van der Waals surface area contributed by atoms with Gasteiger partial charge in [0.15, 0.2) is 0 Å². The molecule has 1 aliphatic heterocycles. The van der Waals surface area contributed by atoms with Gasteiger partial charge in [-0.3, -0.25) is 0 Å². The molecular formula is C12H18N2O2S2. The molecule has 100 valence electrons. The Morgan fingerprint density at radius 1 is 1.28 bits per heavy atom. The van der Waals surface area contributed by atoms with Gasteiger partial charge in [-0.25, -0.2) is 13.1 Å². The lowest BCUT2D eigenvalue weighted by Crippen LogP contribution is -2.35. The van der Waals surface area contributed by atoms with Gasteiger partial charge >= 0.3 is 0 Å². The summed E-state index contributed by atoms with van der Waals surface area (Å²) in [5.41, 5.74) is 7.31. The molecule has 6 heteroatoms. The second-order valence-corrected chi connectivity index (χ2v) is 7.36. The molecule has 0 aliphatic carbocycles. The van der Waals surface area contributed by atoms with E-state index in [4.69, 9.17) is 5.73 Å². The van der Waals surface area contributed by atoms with E-state index < -0.39 is 10.0 Å². The number of hydrogen-bond acceptors (Lipinski definition) is 4. The predicted octanol–water partition coefficient (Wildman–Crippen LogP) is 1.07. The second kappa shape index (κ2) is 6.06. The van der Waals surface area contributed by atoms with Crippen LogP contribution in [-0.4, -0.2) is 26.0 Å². The number of sulfonamides is 1. The van der Waals surface area contributed by atoms with Crippen molar-refractivity contribution < 1.29 is 8.42 Å². The first-order chi connectivity index (χ1) is 8.59. The van der Waals surface area contributed by atoms with Crippen molar-refractivity contribution in [1.29, 1.82) is 0 Å². The molecule has 1 atom stereocenters. The Morgan fingerprint density at radius 2 is 1.94 bits per heavy atom. The highest BCUT2D eigenvalue weighted by Gasteiger charge is 2.21. The Balaban J connectivity index is 1.97. The van der Waals surface area contributed by atoms with Crippen LogP contribution in [0.25, 0.3) is 0 Å². The summed E-state index contributed by atoms with van der Waals surface area (Å²) in [6.45, 7) is 0.477. The minimum atomic E-state index is -3.23. The average Bonchev–Trinajstić information content (AvgIpc) is 2.81. The van der Waals surface area contributed by atoms with E-state index in [9.17, 15) is 8.42 Å². The third kappa shape index (κ3) is 3.98. The standard InChI is InChI=1S/C12H18N2O2S2/c13-7-10-1-3-11(4-2-10)9-18(15,16)14-12-5-6-17-8-12/h1-4,12,14H,5-9,13H2. The molecule has 4 nitrogen and oxygen atoms in total. The monoisotopic (exact) mass is 286 g/mol. The molecule has 3 N–H and O–H groups in total. The lowest BCUT2D eigenvalue weighted by atomic mass is 10.1. The Bertz CT molecular complexity index is 479. The molecule has 1 unspecified atom stereocenters. The SMILES string of the molecule is NCc1ccc(CS(=O)(=O)NC2CCSC2)cc1. The molecule has 2 rings (SSSR count). The van der Waals surface area contributed by atoms with Crippen LogP contribution in [0.4, 0.5) is 0 Å². The summed E-state index contributed by atoms with van der Waals surface area (Å²) in [6.07, 6.45) is 0.927. The zero-order valence-electron chi connectivity index (χ0n) is 10.1. The summed E-state index contributed by atoms with van der Waals surface area (Å²) < 4.78 is 26.7. The van der Waals surface area contributed by atoms with Crippen molar-refractivity contribution >= 4 is 21.8 Å². The minimum absolute atomic E-state index is 0.0407. The van der Waals surface area contributed by atoms with Gasteiger partial charge in [-0.15, -0.1) is 0 Å². The number of benzene rings is 1. The maximum atomic E-state index is 12.0. The van der Waals surface area contributed by atoms with Crippen molar-refractivity contribution in [2.45, 2.75) is 24.8 Å². The van der Waals surface area contributed by atoms with Gasteiger partial charge in [0, 0.05) is 18.3 Å². The first-order valence-electron chi connectivity index (χ1n) is 5.95. The molecule has 0 radical (unpaired) electrons. The van der Waals surface area contributed by atoms with Gasteiger partial charge in [-0.05, 0) is 23.3 Å². The fourth-order valence-electron chi connectivity index (χ4n) is 1.91. The van der Waals surface area contributed by atoms with E-state index in [0.29, 0.717) is 6.54 Å². The number of nitrogens with one attached hydrogen (secondary N) is 1. The van der Waals surface area contributed by atoms with E-state index >= 15 is 0 Å². The lowest BCUT2D eigenvalue weighted by molar-refractivity contribution is 0.562. The highest BCUT2D eigenvalue weighted by molar-refractivity contribution is 7.99. The van der Waals surface area contributed by atoms with Crippen LogP contribution >= 0.6 is 11.8 Å². The van der Waals surface area contributed by atoms with Crippen LogP contribution < -0.4 is 10.5 Å². The molecule has 1 heterocycles.